The molecule has 10 heteroatoms. The fourth-order valence-electron chi connectivity index (χ4n) is 5.85. The summed E-state index contributed by atoms with van der Waals surface area (Å²) in [7, 11) is 0. The lowest BCUT2D eigenvalue weighted by atomic mass is 9.87. The van der Waals surface area contributed by atoms with Gasteiger partial charge in [-0.05, 0) is 53.0 Å². The van der Waals surface area contributed by atoms with Crippen LogP contribution in [0.2, 0.25) is 0 Å². The van der Waals surface area contributed by atoms with Gasteiger partial charge in [-0.1, -0.05) is 54.6 Å². The van der Waals surface area contributed by atoms with Gasteiger partial charge in [0.25, 0.3) is 0 Å². The predicted molar refractivity (Wildman–Crippen MR) is 171 cm³/mol. The number of thiazole rings is 1. The standard InChI is InChI=1S/C32H14N4O2S4/c33-31(20-11-9-18-23-25(35-41-29(20)23)14-5-1-3-7-16(14)27(18)37)40-22-13-39-32(34-22)21-12-10-19-24-26(36-42-30(21)24)15-6-2-4-8-17(15)28(19)38/h1-13,33H. The number of hydrogen-bond acceptors (Lipinski definition) is 10. The van der Waals surface area contributed by atoms with E-state index in [2.05, 4.69) is 0 Å². The second-order valence-corrected chi connectivity index (χ2v) is 13.4. The van der Waals surface area contributed by atoms with E-state index < -0.39 is 0 Å². The molecule has 0 spiro atoms. The zero-order valence-electron chi connectivity index (χ0n) is 21.3. The fraction of sp³-hybridized carbons (Fsp3) is 0. The molecule has 0 aliphatic heterocycles. The number of aromatic nitrogens is 3. The number of fused-ring (bicyclic) bond motifs is 4. The van der Waals surface area contributed by atoms with E-state index >= 15 is 0 Å². The Balaban J connectivity index is 1.07. The van der Waals surface area contributed by atoms with Crippen LogP contribution < -0.4 is 0 Å². The van der Waals surface area contributed by atoms with E-state index in [4.69, 9.17) is 19.1 Å². The lowest BCUT2D eigenvalue weighted by Crippen LogP contribution is -2.09. The summed E-state index contributed by atoms with van der Waals surface area (Å²) in [5, 5.41) is 14.5. The van der Waals surface area contributed by atoms with Gasteiger partial charge in [-0.2, -0.15) is 8.75 Å². The third-order valence-corrected chi connectivity index (χ3v) is 11.4. The van der Waals surface area contributed by atoms with Crippen LogP contribution in [0.15, 0.2) is 83.2 Å². The van der Waals surface area contributed by atoms with Crippen molar-refractivity contribution in [2.45, 2.75) is 5.03 Å². The van der Waals surface area contributed by atoms with Gasteiger partial charge in [-0.25, -0.2) is 4.98 Å². The number of thioether (sulfide) groups is 1. The Hall–Kier alpha value is -4.35. The van der Waals surface area contributed by atoms with Crippen LogP contribution in [0.5, 0.6) is 0 Å². The zero-order valence-corrected chi connectivity index (χ0v) is 24.6. The molecule has 198 valence electrons. The van der Waals surface area contributed by atoms with Crippen LogP contribution >= 0.6 is 46.2 Å². The van der Waals surface area contributed by atoms with Crippen molar-refractivity contribution in [1.29, 1.82) is 5.41 Å². The first-order valence-electron chi connectivity index (χ1n) is 12.9. The van der Waals surface area contributed by atoms with Gasteiger partial charge in [0.1, 0.15) is 15.1 Å². The topological polar surface area (TPSA) is 96.7 Å². The first kappa shape index (κ1) is 24.3. The molecular formula is C32H14N4O2S4. The van der Waals surface area contributed by atoms with E-state index in [9.17, 15) is 9.59 Å². The third kappa shape index (κ3) is 3.26. The van der Waals surface area contributed by atoms with Crippen LogP contribution in [0.4, 0.5) is 0 Å². The molecule has 2 aliphatic rings. The minimum atomic E-state index is -0.00779. The highest BCUT2D eigenvalue weighted by Gasteiger charge is 2.30. The number of nitrogens with zero attached hydrogens (tertiary/aromatic N) is 3. The summed E-state index contributed by atoms with van der Waals surface area (Å²) in [6.07, 6.45) is 0. The van der Waals surface area contributed by atoms with Crippen LogP contribution in [-0.4, -0.2) is 30.3 Å². The number of carbonyl (C=O) groups is 2. The van der Waals surface area contributed by atoms with Gasteiger partial charge >= 0.3 is 0 Å². The number of rotatable bonds is 3. The van der Waals surface area contributed by atoms with Crippen molar-refractivity contribution in [2.24, 2.45) is 0 Å². The van der Waals surface area contributed by atoms with Crippen molar-refractivity contribution < 1.29 is 9.59 Å². The predicted octanol–water partition coefficient (Wildman–Crippen LogP) is 8.57. The molecule has 1 N–H and O–H groups in total. The quantitative estimate of drug-likeness (QED) is 0.122. The zero-order chi connectivity index (χ0) is 28.1. The van der Waals surface area contributed by atoms with Crippen LogP contribution in [0, 0.1) is 5.41 Å². The van der Waals surface area contributed by atoms with Crippen molar-refractivity contribution in [3.05, 3.63) is 106 Å². The number of benzene rings is 4. The van der Waals surface area contributed by atoms with Gasteiger partial charge in [0.15, 0.2) is 11.6 Å². The van der Waals surface area contributed by atoms with Crippen molar-refractivity contribution in [2.75, 3.05) is 0 Å². The highest BCUT2D eigenvalue weighted by atomic mass is 32.2. The average molecular weight is 615 g/mol. The van der Waals surface area contributed by atoms with Crippen LogP contribution in [-0.2, 0) is 0 Å². The Bertz CT molecular complexity index is 2360. The maximum absolute atomic E-state index is 13.2. The number of ketones is 2. The molecule has 42 heavy (non-hydrogen) atoms. The van der Waals surface area contributed by atoms with Crippen LogP contribution in [0.25, 0.3) is 53.3 Å². The smallest absolute Gasteiger partial charge is 0.194 e. The molecule has 7 aromatic rings. The second kappa shape index (κ2) is 8.83. The van der Waals surface area contributed by atoms with Crippen molar-refractivity contribution in [1.82, 2.24) is 13.7 Å². The number of nitrogens with one attached hydrogen (secondary N) is 1. The minimum Gasteiger partial charge on any atom is -0.293 e. The lowest BCUT2D eigenvalue weighted by Gasteiger charge is -2.15. The van der Waals surface area contributed by atoms with E-state index in [0.717, 1.165) is 58.8 Å². The molecule has 0 atom stereocenters. The van der Waals surface area contributed by atoms with Crippen LogP contribution in [0.1, 0.15) is 37.4 Å². The van der Waals surface area contributed by atoms with Gasteiger partial charge in [0.2, 0.25) is 0 Å². The third-order valence-electron chi connectivity index (χ3n) is 7.75. The summed E-state index contributed by atoms with van der Waals surface area (Å²) in [5.41, 5.74) is 7.71. The largest absolute Gasteiger partial charge is 0.293 e. The van der Waals surface area contributed by atoms with E-state index in [-0.39, 0.29) is 11.6 Å². The van der Waals surface area contributed by atoms with E-state index in [1.807, 2.05) is 78.2 Å². The maximum atomic E-state index is 13.2. The molecule has 4 aromatic carbocycles. The molecule has 0 saturated heterocycles. The van der Waals surface area contributed by atoms with E-state index in [0.29, 0.717) is 32.3 Å². The van der Waals surface area contributed by atoms with Crippen molar-refractivity contribution in [3.63, 3.8) is 0 Å². The van der Waals surface area contributed by atoms with Gasteiger partial charge in [0.05, 0.1) is 20.8 Å². The second-order valence-electron chi connectivity index (χ2n) is 9.96. The van der Waals surface area contributed by atoms with E-state index in [1.54, 1.807) is 0 Å². The Kier molecular flexibility index (Phi) is 5.10. The molecule has 0 fully saturated rings. The lowest BCUT2D eigenvalue weighted by molar-refractivity contribution is 0.103. The van der Waals surface area contributed by atoms with Crippen molar-refractivity contribution in [3.8, 4) is 33.1 Å². The summed E-state index contributed by atoms with van der Waals surface area (Å²) >= 11 is 5.51. The Labute approximate surface area is 254 Å². The normalized spacial score (nSPS) is 13.0. The van der Waals surface area contributed by atoms with E-state index in [1.165, 1.54) is 46.2 Å². The van der Waals surface area contributed by atoms with Crippen LogP contribution in [0.3, 0.4) is 0 Å². The number of hydrogen-bond donors (Lipinski definition) is 1. The van der Waals surface area contributed by atoms with Gasteiger partial charge in [0, 0.05) is 60.7 Å². The summed E-state index contributed by atoms with van der Waals surface area (Å²) in [4.78, 5) is 31.3. The monoisotopic (exact) mass is 614 g/mol. The molecule has 6 nitrogen and oxygen atoms in total. The Morgan fingerprint density at radius 2 is 1.19 bits per heavy atom. The SMILES string of the molecule is N=C(Sc1csc(-c2ccc3c4c(nsc24)-c2ccccc2C3=O)n1)c1ccc2c3c(nsc13)-c1ccccc1C2=O. The molecule has 9 rings (SSSR count). The molecule has 0 bridgehead atoms. The summed E-state index contributed by atoms with van der Waals surface area (Å²) in [5.74, 6) is 0.0127. The molecule has 0 unspecified atom stereocenters. The summed E-state index contributed by atoms with van der Waals surface area (Å²) in [6.45, 7) is 0. The molecule has 0 amide bonds. The van der Waals surface area contributed by atoms with Gasteiger partial charge < -0.3 is 0 Å². The Morgan fingerprint density at radius 1 is 0.643 bits per heavy atom. The molecular weight excluding hydrogens is 601 g/mol. The minimum absolute atomic E-state index is 0.00779. The molecule has 3 heterocycles. The first-order valence-corrected chi connectivity index (χ1v) is 16.2. The molecule has 2 aliphatic carbocycles. The van der Waals surface area contributed by atoms with Crippen molar-refractivity contribution >= 4 is 82.9 Å². The highest BCUT2D eigenvalue weighted by molar-refractivity contribution is 8.14. The van der Waals surface area contributed by atoms with Gasteiger partial charge in [-0.15, -0.1) is 11.3 Å². The number of carbonyl (C=O) groups excluding carboxylic acids is 2. The molecule has 0 saturated carbocycles. The summed E-state index contributed by atoms with van der Waals surface area (Å²) in [6, 6.07) is 22.7. The average Bonchev–Trinajstić information content (AvgIpc) is 3.78. The maximum Gasteiger partial charge on any atom is 0.194 e. The Morgan fingerprint density at radius 3 is 1.86 bits per heavy atom. The fourth-order valence-corrected chi connectivity index (χ4v) is 9.58. The molecule has 3 aromatic heterocycles. The summed E-state index contributed by atoms with van der Waals surface area (Å²) < 4.78 is 11.2. The first-order chi connectivity index (χ1) is 20.6. The van der Waals surface area contributed by atoms with Gasteiger partial charge in [-0.3, -0.25) is 15.0 Å². The highest BCUT2D eigenvalue weighted by Crippen LogP contribution is 2.46. The molecule has 0 radical (unpaired) electrons.